The molecule has 2 nitrogen and oxygen atoms in total. The lowest BCUT2D eigenvalue weighted by Crippen LogP contribution is -2.36. The Labute approximate surface area is 70.5 Å². The Morgan fingerprint density at radius 3 is 2.27 bits per heavy atom. The Balaban J connectivity index is 3.15. The van der Waals surface area contributed by atoms with Crippen LogP contribution in [0.25, 0.3) is 0 Å². The minimum absolute atomic E-state index is 0.248. The number of nitrogens with one attached hydrogen (secondary N) is 1. The molecule has 1 unspecified atom stereocenters. The average Bonchev–Trinajstić information content (AvgIpc) is 1.78. The van der Waals surface area contributed by atoms with Crippen LogP contribution in [0.15, 0.2) is 0 Å². The second-order valence-electron chi connectivity index (χ2n) is 4.30. The van der Waals surface area contributed by atoms with Crippen LogP contribution in [0.1, 0.15) is 40.5 Å². The first-order valence-electron chi connectivity index (χ1n) is 4.42. The Morgan fingerprint density at radius 1 is 1.36 bits per heavy atom. The molecule has 0 aromatic rings. The van der Waals surface area contributed by atoms with Gasteiger partial charge in [-0.15, -0.1) is 0 Å². The van der Waals surface area contributed by atoms with Crippen molar-refractivity contribution >= 4 is 0 Å². The first-order chi connectivity index (χ1) is 4.92. The molecule has 1 atom stereocenters. The molecule has 68 valence electrons. The van der Waals surface area contributed by atoms with Crippen LogP contribution < -0.4 is 11.1 Å². The predicted molar refractivity (Wildman–Crippen MR) is 50.6 cm³/mol. The summed E-state index contributed by atoms with van der Waals surface area (Å²) < 4.78 is 0. The largest absolute Gasteiger partial charge is 0.328 e. The van der Waals surface area contributed by atoms with E-state index in [4.69, 9.17) is 5.73 Å². The molecule has 3 N–H and O–H groups in total. The van der Waals surface area contributed by atoms with Crippen LogP contribution in [0.2, 0.25) is 0 Å². The first kappa shape index (κ1) is 10.9. The minimum atomic E-state index is 0.248. The number of hydrogen-bond donors (Lipinski definition) is 2. The minimum Gasteiger partial charge on any atom is -0.328 e. The fraction of sp³-hybridized carbons (Fsp3) is 1.00. The van der Waals surface area contributed by atoms with Gasteiger partial charge in [0.25, 0.3) is 0 Å². The summed E-state index contributed by atoms with van der Waals surface area (Å²) in [5.41, 5.74) is 5.86. The van der Waals surface area contributed by atoms with Crippen molar-refractivity contribution in [2.75, 3.05) is 6.54 Å². The first-order valence-corrected chi connectivity index (χ1v) is 4.42. The summed E-state index contributed by atoms with van der Waals surface area (Å²) in [6.07, 6.45) is 2.29. The number of hydrogen-bond acceptors (Lipinski definition) is 2. The fourth-order valence-electron chi connectivity index (χ4n) is 0.887. The van der Waals surface area contributed by atoms with Gasteiger partial charge in [0.1, 0.15) is 0 Å². The van der Waals surface area contributed by atoms with Crippen molar-refractivity contribution in [3.05, 3.63) is 0 Å². The van der Waals surface area contributed by atoms with Crippen LogP contribution in [-0.2, 0) is 0 Å². The van der Waals surface area contributed by atoms with Crippen molar-refractivity contribution in [3.8, 4) is 0 Å². The van der Waals surface area contributed by atoms with Gasteiger partial charge >= 0.3 is 0 Å². The van der Waals surface area contributed by atoms with E-state index in [1.807, 2.05) is 0 Å². The molecule has 0 aliphatic carbocycles. The van der Waals surface area contributed by atoms with Crippen LogP contribution in [0, 0.1) is 0 Å². The molecule has 0 fully saturated rings. The third kappa shape index (κ3) is 9.92. The van der Waals surface area contributed by atoms with Crippen molar-refractivity contribution in [1.82, 2.24) is 5.32 Å². The molecule has 0 bridgehead atoms. The monoisotopic (exact) mass is 158 g/mol. The van der Waals surface area contributed by atoms with Gasteiger partial charge in [-0.2, -0.15) is 0 Å². The summed E-state index contributed by atoms with van der Waals surface area (Å²) in [6.45, 7) is 9.67. The zero-order valence-electron chi connectivity index (χ0n) is 8.28. The molecular weight excluding hydrogens is 136 g/mol. The number of rotatable bonds is 4. The molecule has 0 saturated carbocycles. The smallest absolute Gasteiger partial charge is 0.00965 e. The summed E-state index contributed by atoms with van der Waals surface area (Å²) in [7, 11) is 0. The van der Waals surface area contributed by atoms with E-state index in [-0.39, 0.29) is 5.54 Å². The molecule has 0 aromatic carbocycles. The topological polar surface area (TPSA) is 38.0 Å². The van der Waals surface area contributed by atoms with E-state index in [1.165, 1.54) is 6.42 Å². The molecule has 0 amide bonds. The van der Waals surface area contributed by atoms with E-state index < -0.39 is 0 Å². The summed E-state index contributed by atoms with van der Waals surface area (Å²) in [5, 5.41) is 3.42. The van der Waals surface area contributed by atoms with Crippen LogP contribution in [0.3, 0.4) is 0 Å². The van der Waals surface area contributed by atoms with Gasteiger partial charge in [-0.25, -0.2) is 0 Å². The van der Waals surface area contributed by atoms with Crippen molar-refractivity contribution in [2.45, 2.75) is 52.1 Å². The zero-order chi connectivity index (χ0) is 8.91. The third-order valence-corrected chi connectivity index (χ3v) is 1.49. The van der Waals surface area contributed by atoms with Gasteiger partial charge in [-0.05, 0) is 47.1 Å². The third-order valence-electron chi connectivity index (χ3n) is 1.49. The Kier molecular flexibility index (Phi) is 4.69. The molecule has 0 heterocycles. The van der Waals surface area contributed by atoms with Gasteiger partial charge < -0.3 is 11.1 Å². The quantitative estimate of drug-likeness (QED) is 0.608. The Morgan fingerprint density at radius 2 is 1.91 bits per heavy atom. The van der Waals surface area contributed by atoms with Crippen molar-refractivity contribution in [3.63, 3.8) is 0 Å². The van der Waals surface area contributed by atoms with Crippen molar-refractivity contribution in [2.24, 2.45) is 5.73 Å². The van der Waals surface area contributed by atoms with E-state index in [9.17, 15) is 0 Å². The molecule has 0 rings (SSSR count). The second kappa shape index (κ2) is 4.73. The Bertz CT molecular complexity index is 92.2. The molecule has 2 heteroatoms. The molecule has 0 saturated heterocycles. The fourth-order valence-corrected chi connectivity index (χ4v) is 0.887. The van der Waals surface area contributed by atoms with Gasteiger partial charge in [0, 0.05) is 11.6 Å². The predicted octanol–water partition coefficient (Wildman–Crippen LogP) is 1.50. The molecule has 11 heavy (non-hydrogen) atoms. The highest BCUT2D eigenvalue weighted by Gasteiger charge is 2.07. The van der Waals surface area contributed by atoms with Gasteiger partial charge in [0.05, 0.1) is 0 Å². The highest BCUT2D eigenvalue weighted by Crippen LogP contribution is 1.99. The lowest BCUT2D eigenvalue weighted by molar-refractivity contribution is 0.414. The van der Waals surface area contributed by atoms with Crippen LogP contribution in [0.5, 0.6) is 0 Å². The highest BCUT2D eigenvalue weighted by atomic mass is 14.9. The standard InChI is InChI=1S/C9H22N2/c1-8(10)6-5-7-11-9(2,3)4/h8,11H,5-7,10H2,1-4H3. The van der Waals surface area contributed by atoms with Gasteiger partial charge in [-0.1, -0.05) is 0 Å². The molecule has 0 aromatic heterocycles. The highest BCUT2D eigenvalue weighted by molar-refractivity contribution is 4.70. The molecular formula is C9H22N2. The second-order valence-corrected chi connectivity index (χ2v) is 4.30. The van der Waals surface area contributed by atoms with E-state index in [1.54, 1.807) is 0 Å². The van der Waals surface area contributed by atoms with E-state index in [2.05, 4.69) is 33.0 Å². The molecule has 0 aliphatic heterocycles. The maximum absolute atomic E-state index is 5.61. The van der Waals surface area contributed by atoms with Crippen molar-refractivity contribution < 1.29 is 0 Å². The van der Waals surface area contributed by atoms with Crippen molar-refractivity contribution in [1.29, 1.82) is 0 Å². The van der Waals surface area contributed by atoms with E-state index >= 15 is 0 Å². The average molecular weight is 158 g/mol. The number of nitrogens with two attached hydrogens (primary N) is 1. The van der Waals surface area contributed by atoms with Crippen LogP contribution >= 0.6 is 0 Å². The van der Waals surface area contributed by atoms with E-state index in [0.29, 0.717) is 6.04 Å². The summed E-state index contributed by atoms with van der Waals surface area (Å²) in [5.74, 6) is 0. The summed E-state index contributed by atoms with van der Waals surface area (Å²) in [4.78, 5) is 0. The molecule has 0 radical (unpaired) electrons. The SMILES string of the molecule is CC(N)CCCNC(C)(C)C. The maximum atomic E-state index is 5.61. The Hall–Kier alpha value is -0.0800. The normalized spacial score (nSPS) is 15.0. The van der Waals surface area contributed by atoms with Gasteiger partial charge in [-0.3, -0.25) is 0 Å². The maximum Gasteiger partial charge on any atom is 0.00965 e. The van der Waals surface area contributed by atoms with Crippen LogP contribution in [0.4, 0.5) is 0 Å². The van der Waals surface area contributed by atoms with Gasteiger partial charge in [0.2, 0.25) is 0 Å². The van der Waals surface area contributed by atoms with E-state index in [0.717, 1.165) is 13.0 Å². The summed E-state index contributed by atoms with van der Waals surface area (Å²) >= 11 is 0. The zero-order valence-corrected chi connectivity index (χ0v) is 8.28. The molecule has 0 spiro atoms. The molecule has 0 aliphatic rings. The van der Waals surface area contributed by atoms with Gasteiger partial charge in [0.15, 0.2) is 0 Å². The lowest BCUT2D eigenvalue weighted by Gasteiger charge is -2.20. The summed E-state index contributed by atoms with van der Waals surface area (Å²) in [6, 6.07) is 0.344. The van der Waals surface area contributed by atoms with Crippen LogP contribution in [-0.4, -0.2) is 18.1 Å². The lowest BCUT2D eigenvalue weighted by atomic mass is 10.1.